The predicted molar refractivity (Wildman–Crippen MR) is 139 cm³/mol. The van der Waals surface area contributed by atoms with E-state index in [1.807, 2.05) is 61.5 Å². The molecule has 0 heterocycles. The van der Waals surface area contributed by atoms with Crippen LogP contribution >= 0.6 is 0 Å². The lowest BCUT2D eigenvalue weighted by atomic mass is 9.99. The first-order valence-corrected chi connectivity index (χ1v) is 12.4. The van der Waals surface area contributed by atoms with Crippen molar-refractivity contribution >= 4 is 11.8 Å². The molecule has 5 atom stereocenters. The first-order valence-electron chi connectivity index (χ1n) is 12.4. The standard InChI is InChI=1S/C28H41N3O4/c1-6-10-19(2)18-35-24-15-13-23(14-16-24)25(17-30-28(33)26(29)21(4)34-5)31-27(32)20(3)22-11-8-7-9-12-22/h7-9,11-16,19-21,25-26H,6,10,17-18,29H2,1-5H3,(H,30,33)(H,31,32). The SMILES string of the molecule is CCCC(C)COc1ccc(C(CNC(=O)C(N)C(C)OC)NC(=O)C(C)c2ccccc2)cc1. The molecular weight excluding hydrogens is 442 g/mol. The summed E-state index contributed by atoms with van der Waals surface area (Å²) in [4.78, 5) is 25.6. The van der Waals surface area contributed by atoms with Crippen LogP contribution in [-0.2, 0) is 14.3 Å². The fourth-order valence-electron chi connectivity index (χ4n) is 3.73. The lowest BCUT2D eigenvalue weighted by Crippen LogP contribution is -2.50. The fourth-order valence-corrected chi connectivity index (χ4v) is 3.73. The molecule has 7 nitrogen and oxygen atoms in total. The molecule has 2 rings (SSSR count). The second-order valence-electron chi connectivity index (χ2n) is 9.18. The zero-order valence-electron chi connectivity index (χ0n) is 21.6. The van der Waals surface area contributed by atoms with Gasteiger partial charge >= 0.3 is 0 Å². The molecule has 0 spiro atoms. The first-order chi connectivity index (χ1) is 16.8. The number of hydrogen-bond acceptors (Lipinski definition) is 5. The molecule has 0 fully saturated rings. The third-order valence-corrected chi connectivity index (χ3v) is 6.27. The molecule has 192 valence electrons. The maximum Gasteiger partial charge on any atom is 0.239 e. The van der Waals surface area contributed by atoms with E-state index in [9.17, 15) is 9.59 Å². The molecule has 7 heteroatoms. The Morgan fingerprint density at radius 3 is 2.20 bits per heavy atom. The Morgan fingerprint density at radius 1 is 0.943 bits per heavy atom. The zero-order chi connectivity index (χ0) is 25.8. The number of rotatable bonds is 14. The summed E-state index contributed by atoms with van der Waals surface area (Å²) in [7, 11) is 1.51. The highest BCUT2D eigenvalue weighted by molar-refractivity contribution is 5.84. The molecule has 4 N–H and O–H groups in total. The Hall–Kier alpha value is -2.90. The van der Waals surface area contributed by atoms with E-state index in [2.05, 4.69) is 24.5 Å². The van der Waals surface area contributed by atoms with E-state index < -0.39 is 18.2 Å². The molecule has 0 radical (unpaired) electrons. The topological polar surface area (TPSA) is 103 Å². The molecule has 2 aromatic rings. The molecule has 35 heavy (non-hydrogen) atoms. The largest absolute Gasteiger partial charge is 0.493 e. The molecule has 0 aliphatic rings. The number of nitrogens with one attached hydrogen (secondary N) is 2. The summed E-state index contributed by atoms with van der Waals surface area (Å²) in [6, 6.07) is 16.0. The molecule has 0 saturated heterocycles. The van der Waals surface area contributed by atoms with Gasteiger partial charge in [0.1, 0.15) is 11.8 Å². The number of carbonyl (C=O) groups excluding carboxylic acids is 2. The molecule has 0 aliphatic carbocycles. The highest BCUT2D eigenvalue weighted by atomic mass is 16.5. The van der Waals surface area contributed by atoms with Crippen molar-refractivity contribution in [1.29, 1.82) is 0 Å². The quantitative estimate of drug-likeness (QED) is 0.378. The Labute approximate surface area is 209 Å². The number of amides is 2. The van der Waals surface area contributed by atoms with Gasteiger partial charge < -0.3 is 25.8 Å². The molecule has 2 amide bonds. The van der Waals surface area contributed by atoms with E-state index >= 15 is 0 Å². The fraction of sp³-hybridized carbons (Fsp3) is 0.500. The van der Waals surface area contributed by atoms with Gasteiger partial charge in [0, 0.05) is 13.7 Å². The highest BCUT2D eigenvalue weighted by Crippen LogP contribution is 2.21. The van der Waals surface area contributed by atoms with Gasteiger partial charge in [-0.1, -0.05) is 62.7 Å². The van der Waals surface area contributed by atoms with Gasteiger partial charge in [0.15, 0.2) is 0 Å². The lowest BCUT2D eigenvalue weighted by Gasteiger charge is -2.24. The van der Waals surface area contributed by atoms with Crippen LogP contribution in [0.2, 0.25) is 0 Å². The van der Waals surface area contributed by atoms with E-state index in [0.29, 0.717) is 12.5 Å². The van der Waals surface area contributed by atoms with Gasteiger partial charge in [0.2, 0.25) is 11.8 Å². The molecule has 0 saturated carbocycles. The highest BCUT2D eigenvalue weighted by Gasteiger charge is 2.24. The minimum absolute atomic E-state index is 0.126. The van der Waals surface area contributed by atoms with Crippen molar-refractivity contribution in [2.75, 3.05) is 20.3 Å². The van der Waals surface area contributed by atoms with Crippen LogP contribution in [0.5, 0.6) is 5.75 Å². The molecule has 0 aromatic heterocycles. The Balaban J connectivity index is 2.13. The summed E-state index contributed by atoms with van der Waals surface area (Å²) >= 11 is 0. The minimum Gasteiger partial charge on any atom is -0.493 e. The summed E-state index contributed by atoms with van der Waals surface area (Å²) < 4.78 is 11.1. The van der Waals surface area contributed by atoms with E-state index in [4.69, 9.17) is 15.2 Å². The second kappa shape index (κ2) is 14.5. The molecular formula is C28H41N3O4. The van der Waals surface area contributed by atoms with E-state index in [0.717, 1.165) is 29.7 Å². The van der Waals surface area contributed by atoms with Crippen LogP contribution in [0.1, 0.15) is 63.6 Å². The van der Waals surface area contributed by atoms with Crippen LogP contribution in [0, 0.1) is 5.92 Å². The van der Waals surface area contributed by atoms with Crippen LogP contribution in [0.15, 0.2) is 54.6 Å². The Kier molecular flexibility index (Phi) is 11.7. The second-order valence-corrected chi connectivity index (χ2v) is 9.18. The van der Waals surface area contributed by atoms with Crippen molar-refractivity contribution in [3.8, 4) is 5.75 Å². The minimum atomic E-state index is -0.805. The number of benzene rings is 2. The number of carbonyl (C=O) groups is 2. The molecule has 2 aromatic carbocycles. The van der Waals surface area contributed by atoms with Crippen LogP contribution in [0.25, 0.3) is 0 Å². The summed E-state index contributed by atoms with van der Waals surface area (Å²) in [5, 5.41) is 5.95. The Morgan fingerprint density at radius 2 is 1.60 bits per heavy atom. The van der Waals surface area contributed by atoms with Crippen LogP contribution in [-0.4, -0.2) is 44.2 Å². The average Bonchev–Trinajstić information content (AvgIpc) is 2.89. The number of nitrogens with two attached hydrogens (primary N) is 1. The van der Waals surface area contributed by atoms with E-state index in [-0.39, 0.29) is 24.3 Å². The number of hydrogen-bond donors (Lipinski definition) is 3. The van der Waals surface area contributed by atoms with E-state index in [1.165, 1.54) is 7.11 Å². The van der Waals surface area contributed by atoms with Crippen molar-refractivity contribution in [3.63, 3.8) is 0 Å². The Bertz CT molecular complexity index is 904. The maximum atomic E-state index is 13.1. The normalized spacial score (nSPS) is 15.4. The number of ether oxygens (including phenoxy) is 2. The third kappa shape index (κ3) is 9.00. The van der Waals surface area contributed by atoms with E-state index in [1.54, 1.807) is 6.92 Å². The van der Waals surface area contributed by atoms with Gasteiger partial charge in [-0.15, -0.1) is 0 Å². The van der Waals surface area contributed by atoms with Gasteiger partial charge in [-0.25, -0.2) is 0 Å². The van der Waals surface area contributed by atoms with Crippen molar-refractivity contribution in [3.05, 3.63) is 65.7 Å². The van der Waals surface area contributed by atoms with Crippen molar-refractivity contribution in [2.45, 2.75) is 64.6 Å². The van der Waals surface area contributed by atoms with Gasteiger partial charge in [-0.3, -0.25) is 9.59 Å². The predicted octanol–water partition coefficient (Wildman–Crippen LogP) is 3.94. The van der Waals surface area contributed by atoms with Gasteiger partial charge in [0.05, 0.1) is 24.7 Å². The van der Waals surface area contributed by atoms with Crippen LogP contribution in [0.3, 0.4) is 0 Å². The maximum absolute atomic E-state index is 13.1. The average molecular weight is 484 g/mol. The van der Waals surface area contributed by atoms with Gasteiger partial charge in [-0.2, -0.15) is 0 Å². The summed E-state index contributed by atoms with van der Waals surface area (Å²) in [5.74, 6) is 0.464. The first kappa shape index (κ1) is 28.3. The zero-order valence-corrected chi connectivity index (χ0v) is 21.6. The summed E-state index contributed by atoms with van der Waals surface area (Å²) in [5.41, 5.74) is 7.77. The van der Waals surface area contributed by atoms with Crippen molar-refractivity contribution < 1.29 is 19.1 Å². The third-order valence-electron chi connectivity index (χ3n) is 6.27. The monoisotopic (exact) mass is 483 g/mol. The number of methoxy groups -OCH3 is 1. The van der Waals surface area contributed by atoms with Gasteiger partial charge in [-0.05, 0) is 49.4 Å². The smallest absolute Gasteiger partial charge is 0.239 e. The molecule has 5 unspecified atom stereocenters. The van der Waals surface area contributed by atoms with Crippen LogP contribution < -0.4 is 21.1 Å². The summed E-state index contributed by atoms with van der Waals surface area (Å²) in [6.45, 7) is 8.81. The van der Waals surface area contributed by atoms with Crippen molar-refractivity contribution in [1.82, 2.24) is 10.6 Å². The molecule has 0 aliphatic heterocycles. The van der Waals surface area contributed by atoms with Crippen molar-refractivity contribution in [2.24, 2.45) is 11.7 Å². The van der Waals surface area contributed by atoms with Crippen LogP contribution in [0.4, 0.5) is 0 Å². The lowest BCUT2D eigenvalue weighted by molar-refractivity contribution is -0.126. The summed E-state index contributed by atoms with van der Waals surface area (Å²) in [6.07, 6.45) is 1.83. The molecule has 0 bridgehead atoms. The van der Waals surface area contributed by atoms with Gasteiger partial charge in [0.25, 0.3) is 0 Å².